The smallest absolute Gasteiger partial charge is 0.0547 e. The number of hydrogen-bond donors (Lipinski definition) is 0. The molecule has 63 heavy (non-hydrogen) atoms. The van der Waals surface area contributed by atoms with Crippen LogP contribution < -0.4 is 0 Å². The molecule has 0 unspecified atom stereocenters. The van der Waals surface area contributed by atoms with E-state index in [1.54, 1.807) is 0 Å². The highest BCUT2D eigenvalue weighted by Gasteiger charge is 2.18. The van der Waals surface area contributed by atoms with Crippen LogP contribution in [-0.2, 0) is 0 Å². The van der Waals surface area contributed by atoms with Crippen LogP contribution in [0.15, 0.2) is 231 Å². The Kier molecular flexibility index (Phi) is 8.12. The molecule has 0 radical (unpaired) electrons. The van der Waals surface area contributed by atoms with Gasteiger partial charge in [0, 0.05) is 53.1 Å². The Morgan fingerprint density at radius 2 is 0.714 bits per heavy atom. The molecular weight excluding hydrogens is 781 g/mol. The molecule has 0 bridgehead atoms. The van der Waals surface area contributed by atoms with Crippen molar-refractivity contribution >= 4 is 75.1 Å². The van der Waals surface area contributed by atoms with Gasteiger partial charge in [0.25, 0.3) is 0 Å². The molecule has 0 saturated carbocycles. The number of rotatable bonds is 6. The van der Waals surface area contributed by atoms with E-state index in [4.69, 9.17) is 0 Å². The second-order valence-corrected chi connectivity index (χ2v) is 17.6. The predicted molar refractivity (Wildman–Crippen MR) is 270 cm³/mol. The van der Waals surface area contributed by atoms with Gasteiger partial charge in [-0.1, -0.05) is 170 Å². The highest BCUT2D eigenvalue weighted by Crippen LogP contribution is 2.42. The number of thiophene rings is 1. The zero-order chi connectivity index (χ0) is 41.4. The monoisotopic (exact) mass is 818 g/mol. The average Bonchev–Trinajstić information content (AvgIpc) is 4.02. The Bertz CT molecular complexity index is 3870. The first-order valence-corrected chi connectivity index (χ1v) is 22.4. The first-order valence-electron chi connectivity index (χ1n) is 21.6. The molecule has 13 aromatic rings. The molecule has 0 N–H and O–H groups in total. The van der Waals surface area contributed by atoms with E-state index in [9.17, 15) is 0 Å². The number of benzene rings is 10. The maximum atomic E-state index is 2.43. The molecule has 0 aliphatic heterocycles. The Labute approximate surface area is 368 Å². The molecule has 2 nitrogen and oxygen atoms in total. The molecule has 0 fully saturated rings. The van der Waals surface area contributed by atoms with E-state index in [1.807, 2.05) is 11.3 Å². The fourth-order valence-electron chi connectivity index (χ4n) is 9.95. The normalized spacial score (nSPS) is 11.8. The fourth-order valence-corrected chi connectivity index (χ4v) is 11.1. The summed E-state index contributed by atoms with van der Waals surface area (Å²) in [4.78, 5) is 0. The van der Waals surface area contributed by atoms with Crippen molar-refractivity contribution < 1.29 is 0 Å². The molecule has 3 heteroatoms. The molecule has 0 spiro atoms. The van der Waals surface area contributed by atoms with Crippen LogP contribution in [-0.4, -0.2) is 9.13 Å². The quantitative estimate of drug-likeness (QED) is 0.158. The maximum absolute atomic E-state index is 2.43. The highest BCUT2D eigenvalue weighted by atomic mass is 32.1. The van der Waals surface area contributed by atoms with Crippen LogP contribution in [0.3, 0.4) is 0 Å². The molecule has 0 amide bonds. The van der Waals surface area contributed by atoms with E-state index < -0.39 is 0 Å². The van der Waals surface area contributed by atoms with E-state index in [0.717, 1.165) is 5.69 Å². The van der Waals surface area contributed by atoms with Gasteiger partial charge in [-0.25, -0.2) is 0 Å². The maximum Gasteiger partial charge on any atom is 0.0547 e. The third kappa shape index (κ3) is 5.78. The van der Waals surface area contributed by atoms with E-state index in [1.165, 1.54) is 114 Å². The van der Waals surface area contributed by atoms with Gasteiger partial charge in [-0.15, -0.1) is 11.3 Å². The third-order valence-electron chi connectivity index (χ3n) is 13.0. The lowest BCUT2D eigenvalue weighted by atomic mass is 9.97. The minimum absolute atomic E-state index is 1.14. The fraction of sp³-hybridized carbons (Fsp3) is 0. The summed E-state index contributed by atoms with van der Waals surface area (Å²) in [5.74, 6) is 0. The van der Waals surface area contributed by atoms with Crippen LogP contribution in [0.4, 0.5) is 0 Å². The van der Waals surface area contributed by atoms with Crippen molar-refractivity contribution in [2.75, 3.05) is 0 Å². The molecule has 3 heterocycles. The first kappa shape index (κ1) is 35.7. The van der Waals surface area contributed by atoms with Crippen LogP contribution in [0.1, 0.15) is 0 Å². The Balaban J connectivity index is 0.830. The summed E-state index contributed by atoms with van der Waals surface area (Å²) in [6.45, 7) is 0. The van der Waals surface area contributed by atoms with Gasteiger partial charge in [-0.2, -0.15) is 0 Å². The second kappa shape index (κ2) is 14.3. The summed E-state index contributed by atoms with van der Waals surface area (Å²) in [6, 6.07) is 84.6. The lowest BCUT2D eigenvalue weighted by Crippen LogP contribution is -1.94. The molecule has 0 aliphatic rings. The van der Waals surface area contributed by atoms with E-state index in [2.05, 4.69) is 240 Å². The zero-order valence-electron chi connectivity index (χ0n) is 34.2. The van der Waals surface area contributed by atoms with Crippen LogP contribution in [0.25, 0.3) is 120 Å². The molecule has 0 aliphatic carbocycles. The van der Waals surface area contributed by atoms with Gasteiger partial charge in [0.15, 0.2) is 0 Å². The largest absolute Gasteiger partial charge is 0.309 e. The van der Waals surface area contributed by atoms with Gasteiger partial charge in [-0.05, 0) is 105 Å². The molecule has 294 valence electrons. The van der Waals surface area contributed by atoms with Crippen molar-refractivity contribution in [3.05, 3.63) is 231 Å². The van der Waals surface area contributed by atoms with Crippen molar-refractivity contribution in [1.29, 1.82) is 0 Å². The van der Waals surface area contributed by atoms with Crippen molar-refractivity contribution in [3.8, 4) is 55.9 Å². The molecule has 13 rings (SSSR count). The van der Waals surface area contributed by atoms with Crippen LogP contribution in [0, 0.1) is 0 Å². The van der Waals surface area contributed by atoms with E-state index in [0.29, 0.717) is 0 Å². The summed E-state index contributed by atoms with van der Waals surface area (Å²) in [5, 5.41) is 7.70. The van der Waals surface area contributed by atoms with Crippen LogP contribution >= 0.6 is 11.3 Å². The van der Waals surface area contributed by atoms with Crippen LogP contribution in [0.5, 0.6) is 0 Å². The molecule has 0 saturated heterocycles. The summed E-state index contributed by atoms with van der Waals surface area (Å²) in [5.41, 5.74) is 16.9. The first-order chi connectivity index (χ1) is 31.2. The van der Waals surface area contributed by atoms with Gasteiger partial charge < -0.3 is 9.13 Å². The lowest BCUT2D eigenvalue weighted by Gasteiger charge is -2.12. The molecular formula is C60H38N2S. The number of para-hydroxylation sites is 3. The standard InChI is InChI=1S/C60H38N2S/c1-2-11-46(12-3-1)61-55-18-8-5-15-53(55)60-48(16-10-19-56(60)61)45-32-35-50-49-13-4-7-17-54(49)62(57(50)37-45)47-33-29-42(30-34-47)41-23-21-39(22-24-41)40-25-27-43(28-26-40)44-31-36-52-51-14-6-9-20-58(51)63-59(52)38-44/h1-38H. The minimum Gasteiger partial charge on any atom is -0.309 e. The minimum atomic E-state index is 1.14. The van der Waals surface area contributed by atoms with Gasteiger partial charge >= 0.3 is 0 Å². The van der Waals surface area contributed by atoms with E-state index in [-0.39, 0.29) is 0 Å². The number of fused-ring (bicyclic) bond motifs is 9. The van der Waals surface area contributed by atoms with E-state index >= 15 is 0 Å². The number of aromatic nitrogens is 2. The SMILES string of the molecule is c1ccc(-n2c3ccccc3c3c(-c4ccc5c6ccccc6n(-c6ccc(-c7ccc(-c8ccc(-c9ccc%10c(c9)sc9ccccc9%10)cc8)cc7)cc6)c5c4)cccc32)cc1. The van der Waals surface area contributed by atoms with Gasteiger partial charge in [0.05, 0.1) is 22.1 Å². The predicted octanol–water partition coefficient (Wildman–Crippen LogP) is 16.9. The molecule has 3 aromatic heterocycles. The molecule has 0 atom stereocenters. The van der Waals surface area contributed by atoms with Crippen molar-refractivity contribution in [1.82, 2.24) is 9.13 Å². The van der Waals surface area contributed by atoms with Crippen molar-refractivity contribution in [3.63, 3.8) is 0 Å². The van der Waals surface area contributed by atoms with Crippen molar-refractivity contribution in [2.45, 2.75) is 0 Å². The molecule has 10 aromatic carbocycles. The summed E-state index contributed by atoms with van der Waals surface area (Å²) < 4.78 is 7.49. The average molecular weight is 819 g/mol. The van der Waals surface area contributed by atoms with Gasteiger partial charge in [-0.3, -0.25) is 0 Å². The Morgan fingerprint density at radius 1 is 0.254 bits per heavy atom. The topological polar surface area (TPSA) is 9.86 Å². The third-order valence-corrected chi connectivity index (χ3v) is 14.1. The van der Waals surface area contributed by atoms with Gasteiger partial charge in [0.1, 0.15) is 0 Å². The zero-order valence-corrected chi connectivity index (χ0v) is 35.1. The summed E-state index contributed by atoms with van der Waals surface area (Å²) in [7, 11) is 0. The van der Waals surface area contributed by atoms with Crippen LogP contribution in [0.2, 0.25) is 0 Å². The van der Waals surface area contributed by atoms with Crippen molar-refractivity contribution in [2.24, 2.45) is 0 Å². The van der Waals surface area contributed by atoms with Gasteiger partial charge in [0.2, 0.25) is 0 Å². The highest BCUT2D eigenvalue weighted by molar-refractivity contribution is 7.25. The lowest BCUT2D eigenvalue weighted by molar-refractivity contribution is 1.18. The number of hydrogen-bond acceptors (Lipinski definition) is 1. The second-order valence-electron chi connectivity index (χ2n) is 16.5. The Morgan fingerprint density at radius 3 is 1.43 bits per heavy atom. The number of nitrogens with zero attached hydrogens (tertiary/aromatic N) is 2. The summed E-state index contributed by atoms with van der Waals surface area (Å²) >= 11 is 1.87. The summed E-state index contributed by atoms with van der Waals surface area (Å²) in [6.07, 6.45) is 0. The Hall–Kier alpha value is -7.98.